The van der Waals surface area contributed by atoms with Gasteiger partial charge in [-0.3, -0.25) is 4.79 Å². The summed E-state index contributed by atoms with van der Waals surface area (Å²) < 4.78 is 15.8. The van der Waals surface area contributed by atoms with Gasteiger partial charge in [-0.05, 0) is 30.3 Å². The van der Waals surface area contributed by atoms with Gasteiger partial charge < -0.3 is 24.4 Å². The Morgan fingerprint density at radius 3 is 2.38 bits per heavy atom. The zero-order chi connectivity index (χ0) is 18.4. The van der Waals surface area contributed by atoms with Crippen LogP contribution in [-0.2, 0) is 11.3 Å². The highest BCUT2D eigenvalue weighted by Gasteiger charge is 2.14. The summed E-state index contributed by atoms with van der Waals surface area (Å²) >= 11 is 0. The molecule has 2 aromatic rings. The van der Waals surface area contributed by atoms with Gasteiger partial charge in [-0.25, -0.2) is 0 Å². The Morgan fingerprint density at radius 1 is 1.04 bits per heavy atom. The fraction of sp³-hybridized carbons (Fsp3) is 0.350. The summed E-state index contributed by atoms with van der Waals surface area (Å²) in [7, 11) is 3.12. The molecule has 6 heteroatoms. The van der Waals surface area contributed by atoms with E-state index in [0.717, 1.165) is 38.5 Å². The van der Waals surface area contributed by atoms with Crippen molar-refractivity contribution in [2.75, 3.05) is 45.8 Å². The van der Waals surface area contributed by atoms with Crippen molar-refractivity contribution in [1.82, 2.24) is 0 Å². The van der Waals surface area contributed by atoms with Crippen molar-refractivity contribution in [3.63, 3.8) is 0 Å². The van der Waals surface area contributed by atoms with Gasteiger partial charge in [0.2, 0.25) is 0 Å². The minimum atomic E-state index is -0.183. The van der Waals surface area contributed by atoms with Gasteiger partial charge in [-0.15, -0.1) is 0 Å². The number of nitrogens with one attached hydrogen (secondary N) is 2. The number of amides is 1. The smallest absolute Gasteiger partial charge is 0.255 e. The Hall–Kier alpha value is -2.57. The monoisotopic (exact) mass is 357 g/mol. The number of hydrogen-bond acceptors (Lipinski definition) is 4. The van der Waals surface area contributed by atoms with Crippen molar-refractivity contribution in [2.24, 2.45) is 0 Å². The number of ether oxygens (including phenoxy) is 3. The second kappa shape index (κ2) is 8.69. The third kappa shape index (κ3) is 4.53. The predicted octanol–water partition coefficient (Wildman–Crippen LogP) is 1.37. The number of benzene rings is 2. The van der Waals surface area contributed by atoms with E-state index in [1.54, 1.807) is 32.4 Å². The van der Waals surface area contributed by atoms with Crippen LogP contribution in [0.25, 0.3) is 0 Å². The molecule has 6 nitrogen and oxygen atoms in total. The number of carbonyl (C=O) groups is 1. The Labute approximate surface area is 153 Å². The fourth-order valence-electron chi connectivity index (χ4n) is 3.01. The van der Waals surface area contributed by atoms with Crippen LogP contribution in [0.1, 0.15) is 15.9 Å². The molecule has 1 amide bonds. The molecule has 0 bridgehead atoms. The lowest BCUT2D eigenvalue weighted by Crippen LogP contribution is -3.12. The van der Waals surface area contributed by atoms with E-state index in [2.05, 4.69) is 17.4 Å². The average Bonchev–Trinajstić information content (AvgIpc) is 2.69. The van der Waals surface area contributed by atoms with Crippen LogP contribution in [0.15, 0.2) is 42.5 Å². The topological polar surface area (TPSA) is 61.2 Å². The van der Waals surface area contributed by atoms with E-state index in [4.69, 9.17) is 14.2 Å². The number of carbonyl (C=O) groups excluding carboxylic acids is 1. The normalized spacial score (nSPS) is 14.7. The molecule has 1 saturated heterocycles. The molecular weight excluding hydrogens is 332 g/mol. The molecule has 0 unspecified atom stereocenters. The van der Waals surface area contributed by atoms with Gasteiger partial charge in [-0.2, -0.15) is 0 Å². The van der Waals surface area contributed by atoms with Crippen LogP contribution in [0.3, 0.4) is 0 Å². The highest BCUT2D eigenvalue weighted by molar-refractivity contribution is 6.04. The minimum absolute atomic E-state index is 0.183. The molecule has 138 valence electrons. The molecule has 0 aromatic heterocycles. The van der Waals surface area contributed by atoms with Crippen molar-refractivity contribution < 1.29 is 23.9 Å². The first-order chi connectivity index (χ1) is 12.7. The van der Waals surface area contributed by atoms with Gasteiger partial charge in [0.1, 0.15) is 19.6 Å². The molecule has 1 fully saturated rings. The van der Waals surface area contributed by atoms with Crippen LogP contribution < -0.4 is 19.7 Å². The summed E-state index contributed by atoms with van der Waals surface area (Å²) in [5, 5.41) is 2.92. The Balaban J connectivity index is 1.62. The van der Waals surface area contributed by atoms with E-state index in [9.17, 15) is 4.79 Å². The van der Waals surface area contributed by atoms with E-state index in [0.29, 0.717) is 17.1 Å². The maximum atomic E-state index is 12.5. The largest absolute Gasteiger partial charge is 0.493 e. The molecule has 26 heavy (non-hydrogen) atoms. The van der Waals surface area contributed by atoms with Gasteiger partial charge in [-0.1, -0.05) is 12.1 Å². The molecule has 0 saturated carbocycles. The van der Waals surface area contributed by atoms with Gasteiger partial charge in [0.25, 0.3) is 5.91 Å². The van der Waals surface area contributed by atoms with E-state index >= 15 is 0 Å². The number of anilines is 1. The lowest BCUT2D eigenvalue weighted by atomic mass is 10.1. The van der Waals surface area contributed by atoms with Gasteiger partial charge in [0, 0.05) is 16.8 Å². The molecule has 0 spiro atoms. The maximum Gasteiger partial charge on any atom is 0.255 e. The van der Waals surface area contributed by atoms with Crippen LogP contribution in [0.2, 0.25) is 0 Å². The zero-order valence-electron chi connectivity index (χ0n) is 15.2. The average molecular weight is 357 g/mol. The molecular formula is C20H25N2O4+. The Morgan fingerprint density at radius 2 is 1.73 bits per heavy atom. The summed E-state index contributed by atoms with van der Waals surface area (Å²) in [5.74, 6) is 0.945. The first kappa shape index (κ1) is 18.2. The van der Waals surface area contributed by atoms with Gasteiger partial charge in [0.15, 0.2) is 11.5 Å². The summed E-state index contributed by atoms with van der Waals surface area (Å²) in [6, 6.07) is 13.1. The van der Waals surface area contributed by atoms with E-state index in [1.807, 2.05) is 12.1 Å². The quantitative estimate of drug-likeness (QED) is 0.820. The lowest BCUT2D eigenvalue weighted by Gasteiger charge is -2.23. The van der Waals surface area contributed by atoms with E-state index < -0.39 is 0 Å². The molecule has 0 atom stereocenters. The fourth-order valence-corrected chi connectivity index (χ4v) is 3.01. The molecule has 1 aliphatic heterocycles. The van der Waals surface area contributed by atoms with E-state index in [1.165, 1.54) is 10.5 Å². The first-order valence-corrected chi connectivity index (χ1v) is 8.73. The highest BCUT2D eigenvalue weighted by atomic mass is 16.5. The molecule has 1 heterocycles. The van der Waals surface area contributed by atoms with Crippen molar-refractivity contribution in [3.8, 4) is 11.5 Å². The summed E-state index contributed by atoms with van der Waals surface area (Å²) in [6.07, 6.45) is 0. The van der Waals surface area contributed by atoms with Crippen molar-refractivity contribution >= 4 is 11.6 Å². The first-order valence-electron chi connectivity index (χ1n) is 8.73. The maximum absolute atomic E-state index is 12.5. The van der Waals surface area contributed by atoms with Gasteiger partial charge in [0.05, 0.1) is 27.4 Å². The number of rotatable bonds is 6. The second-order valence-corrected chi connectivity index (χ2v) is 6.26. The van der Waals surface area contributed by atoms with Crippen LogP contribution in [-0.4, -0.2) is 46.4 Å². The minimum Gasteiger partial charge on any atom is -0.493 e. The number of morpholine rings is 1. The molecule has 0 radical (unpaired) electrons. The molecule has 2 N–H and O–H groups in total. The van der Waals surface area contributed by atoms with Crippen LogP contribution in [0, 0.1) is 0 Å². The van der Waals surface area contributed by atoms with Crippen molar-refractivity contribution in [2.45, 2.75) is 6.54 Å². The van der Waals surface area contributed by atoms with Gasteiger partial charge >= 0.3 is 0 Å². The number of quaternary nitrogens is 1. The van der Waals surface area contributed by atoms with E-state index in [-0.39, 0.29) is 5.91 Å². The molecule has 1 aliphatic rings. The third-order valence-corrected chi connectivity index (χ3v) is 4.51. The Kier molecular flexibility index (Phi) is 6.09. The molecule has 3 rings (SSSR count). The highest BCUT2D eigenvalue weighted by Crippen LogP contribution is 2.27. The van der Waals surface area contributed by atoms with Crippen molar-refractivity contribution in [1.29, 1.82) is 0 Å². The second-order valence-electron chi connectivity index (χ2n) is 6.26. The lowest BCUT2D eigenvalue weighted by molar-refractivity contribution is -0.921. The number of hydrogen-bond donors (Lipinski definition) is 2. The summed E-state index contributed by atoms with van der Waals surface area (Å²) in [5.41, 5.74) is 2.54. The SMILES string of the molecule is COc1ccc(C(=O)Nc2ccc(C[NH+]3CCOCC3)cc2)cc1OC. The van der Waals surface area contributed by atoms with Crippen LogP contribution >= 0.6 is 0 Å². The Bertz CT molecular complexity index is 740. The molecule has 2 aromatic carbocycles. The summed E-state index contributed by atoms with van der Waals surface area (Å²) in [4.78, 5) is 14.0. The number of methoxy groups -OCH3 is 2. The van der Waals surface area contributed by atoms with Crippen LogP contribution in [0.4, 0.5) is 5.69 Å². The standard InChI is InChI=1S/C20H24N2O4/c1-24-18-8-5-16(13-19(18)25-2)20(23)21-17-6-3-15(4-7-17)14-22-9-11-26-12-10-22/h3-8,13H,9-12,14H2,1-2H3,(H,21,23)/p+1. The third-order valence-electron chi connectivity index (χ3n) is 4.51. The van der Waals surface area contributed by atoms with Crippen LogP contribution in [0.5, 0.6) is 11.5 Å². The zero-order valence-corrected chi connectivity index (χ0v) is 15.2. The van der Waals surface area contributed by atoms with Crippen molar-refractivity contribution in [3.05, 3.63) is 53.6 Å². The molecule has 0 aliphatic carbocycles. The summed E-state index contributed by atoms with van der Waals surface area (Å²) in [6.45, 7) is 4.71. The predicted molar refractivity (Wildman–Crippen MR) is 99.2 cm³/mol.